The Morgan fingerprint density at radius 1 is 1.12 bits per heavy atom. The summed E-state index contributed by atoms with van der Waals surface area (Å²) in [5.41, 5.74) is 8.70. The van der Waals surface area contributed by atoms with Crippen LogP contribution in [0.15, 0.2) is 11.4 Å². The van der Waals surface area contributed by atoms with E-state index in [4.69, 9.17) is 15.6 Å². The van der Waals surface area contributed by atoms with Gasteiger partial charge in [-0.25, -0.2) is 10.4 Å². The van der Waals surface area contributed by atoms with E-state index < -0.39 is 62.2 Å². The van der Waals surface area contributed by atoms with Crippen LogP contribution in [0.1, 0.15) is 12.6 Å². The van der Waals surface area contributed by atoms with Crippen LogP contribution in [0.2, 0.25) is 0 Å². The van der Waals surface area contributed by atoms with Gasteiger partial charge in [-0.05, 0) is 0 Å². The Hall–Kier alpha value is -2.54. The average Bonchev–Trinajstić information content (AvgIpc) is 3.35. The minimum absolute atomic E-state index is 0.0280. The molecule has 1 aliphatic heterocycles. The lowest BCUT2D eigenvalue weighted by Crippen LogP contribution is -2.45. The maximum Gasteiger partial charge on any atom is 0.247 e. The van der Waals surface area contributed by atoms with Crippen molar-refractivity contribution in [3.8, 4) is 0 Å². The molecule has 1 saturated heterocycles. The number of aromatic nitrogens is 4. The molecule has 0 amide bonds. The Morgan fingerprint density at radius 3 is 2.45 bits per heavy atom. The van der Waals surface area contributed by atoms with Gasteiger partial charge < -0.3 is 51.3 Å². The first-order chi connectivity index (χ1) is 15.7. The number of hydrazone groups is 1. The number of aliphatic hydroxyl groups is 8. The number of nitrogens with zero attached hydrogens (tertiary/aromatic N) is 5. The highest BCUT2D eigenvalue weighted by atomic mass is 16.6. The van der Waals surface area contributed by atoms with Crippen molar-refractivity contribution in [2.75, 3.05) is 24.4 Å². The number of hydrogen-bond donors (Lipinski definition) is 10. The van der Waals surface area contributed by atoms with Crippen molar-refractivity contribution in [2.24, 2.45) is 5.10 Å². The monoisotopic (exact) mass is 473 g/mol. The standard InChI is InChI=1S/C17H27N7O9/c18-14-9-15(24(5-19-9)16-13(32)12(31)8(4-26)33-16)22-17(21-14)23-20-2-1-6(27)10(29)11(30)7(28)3-25/h2,5-8,10-13,16,25-32H,1,3-4H2,(H3,18,21,22,23)/b20-2+/t6-,7+,8-,10+,11-,12-,13-,16-/m1/s1. The van der Waals surface area contributed by atoms with Crippen molar-refractivity contribution in [1.29, 1.82) is 0 Å². The summed E-state index contributed by atoms with van der Waals surface area (Å²) < 4.78 is 6.79. The summed E-state index contributed by atoms with van der Waals surface area (Å²) in [5, 5.41) is 80.6. The summed E-state index contributed by atoms with van der Waals surface area (Å²) in [7, 11) is 0. The minimum Gasteiger partial charge on any atom is -0.394 e. The Balaban J connectivity index is 1.70. The first-order valence-corrected chi connectivity index (χ1v) is 9.92. The highest BCUT2D eigenvalue weighted by molar-refractivity contribution is 5.83. The Bertz CT molecular complexity index is 960. The molecule has 3 rings (SSSR count). The molecule has 3 heterocycles. The summed E-state index contributed by atoms with van der Waals surface area (Å²) in [5.74, 6) is -0.115. The van der Waals surface area contributed by atoms with Gasteiger partial charge in [-0.2, -0.15) is 15.1 Å². The van der Waals surface area contributed by atoms with Gasteiger partial charge in [0.1, 0.15) is 42.1 Å². The third kappa shape index (κ3) is 5.18. The number of hydrogen-bond acceptors (Lipinski definition) is 15. The lowest BCUT2D eigenvalue weighted by Gasteiger charge is -2.24. The fraction of sp³-hybridized carbons (Fsp3) is 0.647. The molecule has 1 fully saturated rings. The van der Waals surface area contributed by atoms with E-state index in [2.05, 4.69) is 25.5 Å². The number of imidazole rings is 1. The molecule has 0 aromatic carbocycles. The number of rotatable bonds is 10. The molecule has 0 radical (unpaired) electrons. The molecule has 1 aliphatic rings. The van der Waals surface area contributed by atoms with Crippen LogP contribution in [-0.4, -0.2) is 123 Å². The van der Waals surface area contributed by atoms with Crippen LogP contribution in [0.4, 0.5) is 11.8 Å². The number of ether oxygens (including phenoxy) is 1. The molecule has 0 unspecified atom stereocenters. The van der Waals surface area contributed by atoms with Gasteiger partial charge >= 0.3 is 0 Å². The van der Waals surface area contributed by atoms with E-state index >= 15 is 0 Å². The van der Waals surface area contributed by atoms with Crippen molar-refractivity contribution in [2.45, 2.75) is 55.4 Å². The van der Waals surface area contributed by atoms with Crippen LogP contribution in [0.25, 0.3) is 11.2 Å². The van der Waals surface area contributed by atoms with Gasteiger partial charge in [-0.1, -0.05) is 0 Å². The Kier molecular flexibility index (Phi) is 8.05. The zero-order chi connectivity index (χ0) is 24.3. The van der Waals surface area contributed by atoms with Crippen molar-refractivity contribution < 1.29 is 45.6 Å². The fourth-order valence-corrected chi connectivity index (χ4v) is 3.25. The highest BCUT2D eigenvalue weighted by Crippen LogP contribution is 2.32. The van der Waals surface area contributed by atoms with Crippen LogP contribution in [0, 0.1) is 0 Å². The maximum atomic E-state index is 10.2. The topological polar surface area (TPSA) is 265 Å². The molecule has 2 aromatic heterocycles. The number of nitrogens with two attached hydrogens (primary N) is 1. The third-order valence-corrected chi connectivity index (χ3v) is 5.17. The average molecular weight is 473 g/mol. The Labute approximate surface area is 186 Å². The number of fused-ring (bicyclic) bond motifs is 1. The predicted molar refractivity (Wildman–Crippen MR) is 111 cm³/mol. The van der Waals surface area contributed by atoms with Crippen molar-refractivity contribution in [3.63, 3.8) is 0 Å². The van der Waals surface area contributed by atoms with Gasteiger partial charge in [0, 0.05) is 12.6 Å². The van der Waals surface area contributed by atoms with E-state index in [0.717, 1.165) is 6.21 Å². The van der Waals surface area contributed by atoms with E-state index in [-0.39, 0.29) is 29.4 Å². The molecule has 16 heteroatoms. The molecule has 8 atom stereocenters. The fourth-order valence-electron chi connectivity index (χ4n) is 3.25. The minimum atomic E-state index is -1.76. The second kappa shape index (κ2) is 10.6. The van der Waals surface area contributed by atoms with Gasteiger partial charge in [0.2, 0.25) is 5.95 Å². The van der Waals surface area contributed by atoms with Gasteiger partial charge in [-0.15, -0.1) is 0 Å². The molecule has 0 bridgehead atoms. The first kappa shape index (κ1) is 25.1. The summed E-state index contributed by atoms with van der Waals surface area (Å²) in [6.45, 7) is -1.29. The highest BCUT2D eigenvalue weighted by Gasteiger charge is 2.44. The molecule has 33 heavy (non-hydrogen) atoms. The lowest BCUT2D eigenvalue weighted by molar-refractivity contribution is -0.112. The van der Waals surface area contributed by atoms with Gasteiger partial charge in [0.05, 0.1) is 25.6 Å². The number of nitrogens with one attached hydrogen (secondary N) is 1. The number of aliphatic hydroxyl groups excluding tert-OH is 8. The SMILES string of the molecule is Nc1nc(N/N=C/C[C@@H](O)[C@H](O)[C@H](O)[C@@H](O)CO)nc2c1ncn2[C@@H]1O[C@H](CO)[C@@H](O)[C@H]1O. The maximum absolute atomic E-state index is 10.2. The lowest BCUT2D eigenvalue weighted by atomic mass is 10.0. The van der Waals surface area contributed by atoms with Crippen molar-refractivity contribution >= 4 is 29.1 Å². The normalized spacial score (nSPS) is 27.2. The summed E-state index contributed by atoms with van der Waals surface area (Å²) in [6, 6.07) is 0. The van der Waals surface area contributed by atoms with E-state index in [1.54, 1.807) is 0 Å². The molecule has 0 aliphatic carbocycles. The van der Waals surface area contributed by atoms with Gasteiger partial charge in [-0.3, -0.25) is 4.57 Å². The third-order valence-electron chi connectivity index (χ3n) is 5.17. The smallest absolute Gasteiger partial charge is 0.247 e. The second-order valence-corrected chi connectivity index (χ2v) is 7.44. The van der Waals surface area contributed by atoms with E-state index in [1.165, 1.54) is 10.9 Å². The van der Waals surface area contributed by atoms with E-state index in [1.807, 2.05) is 0 Å². The number of anilines is 2. The van der Waals surface area contributed by atoms with Crippen LogP contribution in [0.5, 0.6) is 0 Å². The zero-order valence-electron chi connectivity index (χ0n) is 17.2. The Morgan fingerprint density at radius 2 is 1.82 bits per heavy atom. The second-order valence-electron chi connectivity index (χ2n) is 7.44. The molecule has 0 spiro atoms. The van der Waals surface area contributed by atoms with Crippen molar-refractivity contribution in [1.82, 2.24) is 19.5 Å². The molecule has 2 aromatic rings. The molecular formula is C17H27N7O9. The molecule has 0 saturated carbocycles. The van der Waals surface area contributed by atoms with Crippen LogP contribution < -0.4 is 11.2 Å². The zero-order valence-corrected chi connectivity index (χ0v) is 17.2. The largest absolute Gasteiger partial charge is 0.394 e. The van der Waals surface area contributed by atoms with E-state index in [0.29, 0.717) is 0 Å². The molecule has 11 N–H and O–H groups in total. The molecular weight excluding hydrogens is 446 g/mol. The first-order valence-electron chi connectivity index (χ1n) is 9.92. The quantitative estimate of drug-likeness (QED) is 0.115. The summed E-state index contributed by atoms with van der Waals surface area (Å²) in [4.78, 5) is 12.3. The summed E-state index contributed by atoms with van der Waals surface area (Å²) >= 11 is 0. The molecule has 16 nitrogen and oxygen atoms in total. The number of nitrogen functional groups attached to an aromatic ring is 1. The summed E-state index contributed by atoms with van der Waals surface area (Å²) in [6.07, 6.45) is -9.17. The van der Waals surface area contributed by atoms with Crippen LogP contribution in [0.3, 0.4) is 0 Å². The van der Waals surface area contributed by atoms with Gasteiger partial charge in [0.25, 0.3) is 0 Å². The van der Waals surface area contributed by atoms with Crippen molar-refractivity contribution in [3.05, 3.63) is 6.33 Å². The van der Waals surface area contributed by atoms with Crippen LogP contribution >= 0.6 is 0 Å². The van der Waals surface area contributed by atoms with Gasteiger partial charge in [0.15, 0.2) is 17.7 Å². The van der Waals surface area contributed by atoms with E-state index in [9.17, 15) is 35.7 Å². The predicted octanol–water partition coefficient (Wildman–Crippen LogP) is -4.76. The molecule has 184 valence electrons. The van der Waals surface area contributed by atoms with Crippen LogP contribution in [-0.2, 0) is 4.74 Å².